The average molecular weight is 311 g/mol. The predicted octanol–water partition coefficient (Wildman–Crippen LogP) is -0.558. The zero-order valence-corrected chi connectivity index (χ0v) is 12.0. The second kappa shape index (κ2) is 5.02. The van der Waals surface area contributed by atoms with Crippen LogP contribution in [0.2, 0.25) is 0 Å². The Morgan fingerprint density at radius 1 is 1.21 bits per heavy atom. The van der Waals surface area contributed by atoms with Crippen molar-refractivity contribution in [2.75, 3.05) is 18.1 Å². The molecule has 2 fully saturated rings. The molecule has 19 heavy (non-hydrogen) atoms. The van der Waals surface area contributed by atoms with E-state index in [4.69, 9.17) is 5.11 Å². The number of carboxylic acids is 1. The minimum absolute atomic E-state index is 0.0630. The van der Waals surface area contributed by atoms with Crippen LogP contribution in [0.15, 0.2) is 0 Å². The van der Waals surface area contributed by atoms with Crippen molar-refractivity contribution < 1.29 is 26.7 Å². The average Bonchev–Trinajstić information content (AvgIpc) is 2.70. The molecule has 1 unspecified atom stereocenters. The molecule has 0 spiro atoms. The zero-order valence-electron chi connectivity index (χ0n) is 10.4. The van der Waals surface area contributed by atoms with E-state index in [2.05, 4.69) is 0 Å². The third kappa shape index (κ3) is 2.92. The topological polar surface area (TPSA) is 109 Å². The summed E-state index contributed by atoms with van der Waals surface area (Å²) in [6.45, 7) is 0.163. The maximum absolute atomic E-state index is 12.4. The number of rotatable bonds is 3. The van der Waals surface area contributed by atoms with Gasteiger partial charge in [-0.25, -0.2) is 16.8 Å². The van der Waals surface area contributed by atoms with Crippen LogP contribution in [0.1, 0.15) is 25.7 Å². The van der Waals surface area contributed by atoms with Gasteiger partial charge in [0.15, 0.2) is 9.84 Å². The lowest BCUT2D eigenvalue weighted by Crippen LogP contribution is -2.51. The van der Waals surface area contributed by atoms with Gasteiger partial charge in [0.25, 0.3) is 0 Å². The number of hydrogen-bond donors (Lipinski definition) is 1. The van der Waals surface area contributed by atoms with Crippen LogP contribution in [-0.4, -0.2) is 61.6 Å². The van der Waals surface area contributed by atoms with E-state index in [-0.39, 0.29) is 25.1 Å². The standard InChI is InChI=1S/C10H17NO6S2/c12-10(13)9-3-1-2-5-11(9)19(16,17)8-4-6-18(14,15)7-8/h8-9H,1-7H2,(H,12,13)/t8?,9-/m0/s1. The van der Waals surface area contributed by atoms with E-state index in [0.29, 0.717) is 12.8 Å². The number of carbonyl (C=O) groups is 1. The number of piperidine rings is 1. The first-order valence-electron chi connectivity index (χ1n) is 6.18. The van der Waals surface area contributed by atoms with E-state index in [1.165, 1.54) is 0 Å². The quantitative estimate of drug-likeness (QED) is 0.748. The minimum Gasteiger partial charge on any atom is -0.480 e. The zero-order chi connectivity index (χ0) is 14.3. The fourth-order valence-electron chi connectivity index (χ4n) is 2.64. The number of sulfonamides is 1. The molecule has 0 aromatic rings. The molecule has 2 aliphatic heterocycles. The highest BCUT2D eigenvalue weighted by atomic mass is 32.2. The summed E-state index contributed by atoms with van der Waals surface area (Å²) >= 11 is 0. The number of hydrogen-bond acceptors (Lipinski definition) is 5. The van der Waals surface area contributed by atoms with Gasteiger partial charge in [0, 0.05) is 6.54 Å². The SMILES string of the molecule is O=C(O)[C@@H]1CCCCN1S(=O)(=O)C1CCS(=O)(=O)C1. The van der Waals surface area contributed by atoms with Gasteiger partial charge in [0.1, 0.15) is 6.04 Å². The summed E-state index contributed by atoms with van der Waals surface area (Å²) in [6, 6.07) is -1.05. The molecule has 1 N–H and O–H groups in total. The highest BCUT2D eigenvalue weighted by molar-refractivity contribution is 7.95. The van der Waals surface area contributed by atoms with Crippen molar-refractivity contribution >= 4 is 25.8 Å². The van der Waals surface area contributed by atoms with E-state index >= 15 is 0 Å². The molecule has 7 nitrogen and oxygen atoms in total. The molecular formula is C10H17NO6S2. The van der Waals surface area contributed by atoms with Gasteiger partial charge in [-0.1, -0.05) is 0 Å². The van der Waals surface area contributed by atoms with Crippen LogP contribution < -0.4 is 0 Å². The minimum atomic E-state index is -3.85. The molecule has 0 bridgehead atoms. The van der Waals surface area contributed by atoms with Gasteiger partial charge in [-0.2, -0.15) is 4.31 Å². The Bertz CT molecular complexity index is 567. The molecule has 2 rings (SSSR count). The monoisotopic (exact) mass is 311 g/mol. The van der Waals surface area contributed by atoms with Gasteiger partial charge in [-0.15, -0.1) is 0 Å². The lowest BCUT2D eigenvalue weighted by Gasteiger charge is -2.33. The van der Waals surface area contributed by atoms with Crippen LogP contribution >= 0.6 is 0 Å². The number of carboxylic acid groups (broad SMARTS) is 1. The van der Waals surface area contributed by atoms with Crippen molar-refractivity contribution in [1.82, 2.24) is 4.31 Å². The Labute approximate surface area is 112 Å². The summed E-state index contributed by atoms with van der Waals surface area (Å²) in [5, 5.41) is 8.10. The first-order valence-corrected chi connectivity index (χ1v) is 9.50. The van der Waals surface area contributed by atoms with E-state index < -0.39 is 42.9 Å². The molecule has 2 heterocycles. The summed E-state index contributed by atoms with van der Waals surface area (Å²) in [6.07, 6.45) is 1.63. The highest BCUT2D eigenvalue weighted by Gasteiger charge is 2.45. The van der Waals surface area contributed by atoms with E-state index in [1.54, 1.807) is 0 Å². The van der Waals surface area contributed by atoms with E-state index in [0.717, 1.165) is 4.31 Å². The molecule has 9 heteroatoms. The van der Waals surface area contributed by atoms with Gasteiger partial charge >= 0.3 is 5.97 Å². The Morgan fingerprint density at radius 2 is 1.89 bits per heavy atom. The van der Waals surface area contributed by atoms with Gasteiger partial charge in [0.05, 0.1) is 16.8 Å². The lowest BCUT2D eigenvalue weighted by atomic mass is 10.1. The first-order chi connectivity index (χ1) is 8.74. The van der Waals surface area contributed by atoms with Crippen molar-refractivity contribution in [3.05, 3.63) is 0 Å². The third-order valence-electron chi connectivity index (χ3n) is 3.68. The van der Waals surface area contributed by atoms with Gasteiger partial charge in [-0.05, 0) is 25.7 Å². The van der Waals surface area contributed by atoms with Crippen LogP contribution in [0.3, 0.4) is 0 Å². The van der Waals surface area contributed by atoms with E-state index in [9.17, 15) is 21.6 Å². The molecule has 2 atom stereocenters. The van der Waals surface area contributed by atoms with Gasteiger partial charge in [-0.3, -0.25) is 4.79 Å². The molecular weight excluding hydrogens is 294 g/mol. The second-order valence-corrected chi connectivity index (χ2v) is 9.42. The molecule has 0 amide bonds. The molecule has 0 radical (unpaired) electrons. The van der Waals surface area contributed by atoms with Crippen molar-refractivity contribution in [2.24, 2.45) is 0 Å². The molecule has 2 saturated heterocycles. The summed E-state index contributed by atoms with van der Waals surface area (Å²) in [5.74, 6) is -1.69. The largest absolute Gasteiger partial charge is 0.480 e. The Balaban J connectivity index is 2.25. The van der Waals surface area contributed by atoms with Crippen LogP contribution in [0.5, 0.6) is 0 Å². The molecule has 0 aromatic carbocycles. The smallest absolute Gasteiger partial charge is 0.322 e. The van der Waals surface area contributed by atoms with Crippen molar-refractivity contribution in [3.63, 3.8) is 0 Å². The number of aliphatic carboxylic acids is 1. The maximum atomic E-state index is 12.4. The van der Waals surface area contributed by atoms with E-state index in [1.807, 2.05) is 0 Å². The maximum Gasteiger partial charge on any atom is 0.322 e. The molecule has 0 aliphatic carbocycles. The Hall–Kier alpha value is -0.670. The first kappa shape index (κ1) is 14.7. The molecule has 110 valence electrons. The predicted molar refractivity (Wildman–Crippen MR) is 68.0 cm³/mol. The van der Waals surface area contributed by atoms with Crippen molar-refractivity contribution in [1.29, 1.82) is 0 Å². The van der Waals surface area contributed by atoms with Gasteiger partial charge in [0.2, 0.25) is 10.0 Å². The molecule has 0 aromatic heterocycles. The normalized spacial score (nSPS) is 32.2. The van der Waals surface area contributed by atoms with Crippen molar-refractivity contribution in [2.45, 2.75) is 37.0 Å². The van der Waals surface area contributed by atoms with Crippen LogP contribution in [0.25, 0.3) is 0 Å². The van der Waals surface area contributed by atoms with Crippen molar-refractivity contribution in [3.8, 4) is 0 Å². The van der Waals surface area contributed by atoms with Gasteiger partial charge < -0.3 is 5.11 Å². The third-order valence-corrected chi connectivity index (χ3v) is 7.99. The lowest BCUT2D eigenvalue weighted by molar-refractivity contribution is -0.142. The number of nitrogens with zero attached hydrogens (tertiary/aromatic N) is 1. The summed E-state index contributed by atoms with van der Waals surface area (Å²) in [5.41, 5.74) is 0. The molecule has 0 saturated carbocycles. The number of sulfone groups is 1. The summed E-state index contributed by atoms with van der Waals surface area (Å²) in [7, 11) is -7.16. The molecule has 2 aliphatic rings. The van der Waals surface area contributed by atoms with Crippen LogP contribution in [-0.2, 0) is 24.7 Å². The fraction of sp³-hybridized carbons (Fsp3) is 0.900. The summed E-state index contributed by atoms with van der Waals surface area (Å²) in [4.78, 5) is 11.1. The fourth-order valence-corrected chi connectivity index (χ4v) is 7.38. The highest BCUT2D eigenvalue weighted by Crippen LogP contribution is 2.28. The van der Waals surface area contributed by atoms with Crippen LogP contribution in [0, 0.1) is 0 Å². The Kier molecular flexibility index (Phi) is 3.90. The Morgan fingerprint density at radius 3 is 2.42 bits per heavy atom. The van der Waals surface area contributed by atoms with Crippen LogP contribution in [0.4, 0.5) is 0 Å². The second-order valence-electron chi connectivity index (χ2n) is 5.03. The summed E-state index contributed by atoms with van der Waals surface area (Å²) < 4.78 is 48.5.